The van der Waals surface area contributed by atoms with Crippen molar-refractivity contribution in [3.8, 4) is 0 Å². The maximum atomic E-state index is 14.0. The lowest BCUT2D eigenvalue weighted by molar-refractivity contribution is -0.191. The third-order valence-corrected chi connectivity index (χ3v) is 4.49. The van der Waals surface area contributed by atoms with Crippen molar-refractivity contribution < 1.29 is 18.0 Å². The van der Waals surface area contributed by atoms with E-state index in [0.29, 0.717) is 5.56 Å². The van der Waals surface area contributed by atoms with Gasteiger partial charge in [0, 0.05) is 13.0 Å². The molecule has 2 aromatic carbocycles. The van der Waals surface area contributed by atoms with Gasteiger partial charge in [-0.3, -0.25) is 10.2 Å². The highest BCUT2D eigenvalue weighted by Gasteiger charge is 2.48. The molecule has 1 saturated heterocycles. The van der Waals surface area contributed by atoms with Gasteiger partial charge >= 0.3 is 6.18 Å². The highest BCUT2D eigenvalue weighted by atomic mass is 19.4. The molecule has 1 aliphatic rings. The molecule has 25 heavy (non-hydrogen) atoms. The number of benzene rings is 2. The van der Waals surface area contributed by atoms with E-state index in [1.165, 1.54) is 0 Å². The number of fused-ring (bicyclic) bond motifs is 1. The molecule has 3 nitrogen and oxygen atoms in total. The van der Waals surface area contributed by atoms with E-state index in [1.807, 2.05) is 45.0 Å². The summed E-state index contributed by atoms with van der Waals surface area (Å²) in [6, 6.07) is 8.97. The van der Waals surface area contributed by atoms with Crippen LogP contribution in [0.15, 0.2) is 36.4 Å². The van der Waals surface area contributed by atoms with Crippen LogP contribution in [0.2, 0.25) is 0 Å². The van der Waals surface area contributed by atoms with Crippen molar-refractivity contribution in [2.24, 2.45) is 0 Å². The van der Waals surface area contributed by atoms with Crippen LogP contribution in [0.4, 0.5) is 13.2 Å². The van der Waals surface area contributed by atoms with E-state index >= 15 is 0 Å². The largest absolute Gasteiger partial charge is 0.409 e. The SMILES string of the molecule is CC(C)(C)c1cc2ccccc2cc1[C@H](N1CCC(=O)N1)C(F)(F)F. The van der Waals surface area contributed by atoms with Gasteiger partial charge < -0.3 is 0 Å². The number of alkyl halides is 3. The molecule has 2 aromatic rings. The van der Waals surface area contributed by atoms with Crippen molar-refractivity contribution in [3.05, 3.63) is 47.5 Å². The van der Waals surface area contributed by atoms with Gasteiger partial charge in [0.15, 0.2) is 0 Å². The lowest BCUT2D eigenvalue weighted by Gasteiger charge is -2.34. The van der Waals surface area contributed by atoms with Crippen molar-refractivity contribution >= 4 is 16.7 Å². The van der Waals surface area contributed by atoms with Crippen molar-refractivity contribution in [2.75, 3.05) is 6.54 Å². The zero-order valence-corrected chi connectivity index (χ0v) is 14.4. The van der Waals surface area contributed by atoms with Gasteiger partial charge in [-0.2, -0.15) is 13.2 Å². The topological polar surface area (TPSA) is 32.3 Å². The normalized spacial score (nSPS) is 17.8. The number of carbonyl (C=O) groups excluding carboxylic acids is 1. The molecule has 0 unspecified atom stereocenters. The zero-order valence-electron chi connectivity index (χ0n) is 14.4. The van der Waals surface area contributed by atoms with Crippen molar-refractivity contribution in [1.82, 2.24) is 10.4 Å². The lowest BCUT2D eigenvalue weighted by Crippen LogP contribution is -2.44. The predicted molar refractivity (Wildman–Crippen MR) is 90.9 cm³/mol. The Hall–Kier alpha value is -2.08. The van der Waals surface area contributed by atoms with Crippen LogP contribution in [0.25, 0.3) is 10.8 Å². The minimum Gasteiger partial charge on any atom is -0.288 e. The molecule has 6 heteroatoms. The van der Waals surface area contributed by atoms with Crippen LogP contribution in [0.1, 0.15) is 44.4 Å². The Bertz CT molecular complexity index is 808. The van der Waals surface area contributed by atoms with E-state index in [2.05, 4.69) is 5.43 Å². The van der Waals surface area contributed by atoms with E-state index in [1.54, 1.807) is 12.1 Å². The highest BCUT2D eigenvalue weighted by molar-refractivity contribution is 5.84. The first-order chi connectivity index (χ1) is 11.6. The number of nitrogens with one attached hydrogen (secondary N) is 1. The molecule has 1 aliphatic heterocycles. The number of hydrazine groups is 1. The zero-order chi connectivity index (χ0) is 18.4. The molecule has 134 valence electrons. The van der Waals surface area contributed by atoms with E-state index in [9.17, 15) is 18.0 Å². The van der Waals surface area contributed by atoms with Gasteiger partial charge in [0.2, 0.25) is 5.91 Å². The molecule has 0 aromatic heterocycles. The quantitative estimate of drug-likeness (QED) is 0.866. The molecule has 1 atom stereocenters. The fourth-order valence-corrected chi connectivity index (χ4v) is 3.34. The van der Waals surface area contributed by atoms with Crippen LogP contribution in [0.5, 0.6) is 0 Å². The van der Waals surface area contributed by atoms with Crippen molar-refractivity contribution in [3.63, 3.8) is 0 Å². The van der Waals surface area contributed by atoms with E-state index in [0.717, 1.165) is 15.8 Å². The monoisotopic (exact) mass is 350 g/mol. The number of hydrogen-bond acceptors (Lipinski definition) is 2. The van der Waals surface area contributed by atoms with Crippen LogP contribution in [0, 0.1) is 0 Å². The Kier molecular flexibility index (Phi) is 4.27. The first-order valence-corrected chi connectivity index (χ1v) is 8.23. The molecule has 0 aliphatic carbocycles. The molecule has 1 fully saturated rings. The van der Waals surface area contributed by atoms with Crippen LogP contribution in [-0.2, 0) is 10.2 Å². The minimum atomic E-state index is -4.50. The van der Waals surface area contributed by atoms with Gasteiger partial charge in [-0.15, -0.1) is 0 Å². The van der Waals surface area contributed by atoms with Gasteiger partial charge in [0.05, 0.1) is 0 Å². The van der Waals surface area contributed by atoms with Gasteiger partial charge in [-0.1, -0.05) is 51.1 Å². The smallest absolute Gasteiger partial charge is 0.288 e. The maximum absolute atomic E-state index is 14.0. The third-order valence-electron chi connectivity index (χ3n) is 4.49. The fourth-order valence-electron chi connectivity index (χ4n) is 3.34. The first-order valence-electron chi connectivity index (χ1n) is 8.23. The van der Waals surface area contributed by atoms with Crippen molar-refractivity contribution in [1.29, 1.82) is 0 Å². The van der Waals surface area contributed by atoms with Crippen LogP contribution >= 0.6 is 0 Å². The first kappa shape index (κ1) is 17.7. The molecule has 1 amide bonds. The summed E-state index contributed by atoms with van der Waals surface area (Å²) in [6.45, 7) is 5.74. The molecule has 1 heterocycles. The summed E-state index contributed by atoms with van der Waals surface area (Å²) in [6.07, 6.45) is -4.43. The second kappa shape index (κ2) is 6.02. The number of hydrogen-bond donors (Lipinski definition) is 1. The fraction of sp³-hybridized carbons (Fsp3) is 0.421. The molecular weight excluding hydrogens is 329 g/mol. The molecule has 0 radical (unpaired) electrons. The number of amides is 1. The molecular formula is C19H21F3N2O. The average Bonchev–Trinajstić information content (AvgIpc) is 2.90. The predicted octanol–water partition coefficient (Wildman–Crippen LogP) is 4.48. The van der Waals surface area contributed by atoms with Gasteiger partial charge in [-0.05, 0) is 33.4 Å². The summed E-state index contributed by atoms with van der Waals surface area (Å²) >= 11 is 0. The summed E-state index contributed by atoms with van der Waals surface area (Å²) in [4.78, 5) is 11.5. The number of nitrogens with zero attached hydrogens (tertiary/aromatic N) is 1. The van der Waals surface area contributed by atoms with Gasteiger partial charge in [0.25, 0.3) is 0 Å². The Morgan fingerprint density at radius 1 is 1.08 bits per heavy atom. The van der Waals surface area contributed by atoms with Crippen molar-refractivity contribution in [2.45, 2.75) is 44.8 Å². The molecule has 0 saturated carbocycles. The Morgan fingerprint density at radius 2 is 1.68 bits per heavy atom. The number of halogens is 3. The van der Waals surface area contributed by atoms with E-state index < -0.39 is 17.6 Å². The summed E-state index contributed by atoms with van der Waals surface area (Å²) in [5.41, 5.74) is 2.72. The van der Waals surface area contributed by atoms with E-state index in [-0.39, 0.29) is 24.4 Å². The average molecular weight is 350 g/mol. The summed E-state index contributed by atoms with van der Waals surface area (Å²) in [7, 11) is 0. The standard InChI is InChI=1S/C19H21F3N2O/c1-18(2,3)15-11-13-7-5-4-6-12(13)10-14(15)17(19(20,21)22)24-9-8-16(25)23-24/h4-7,10-11,17H,8-9H2,1-3H3,(H,23,25)/t17-/m0/s1. The highest BCUT2D eigenvalue weighted by Crippen LogP contribution is 2.43. The lowest BCUT2D eigenvalue weighted by atomic mass is 9.80. The van der Waals surface area contributed by atoms with E-state index in [4.69, 9.17) is 0 Å². The molecule has 0 bridgehead atoms. The van der Waals surface area contributed by atoms with Crippen LogP contribution in [0.3, 0.4) is 0 Å². The third kappa shape index (κ3) is 3.49. The Morgan fingerprint density at radius 3 is 2.16 bits per heavy atom. The number of rotatable bonds is 2. The maximum Gasteiger partial charge on any atom is 0.409 e. The van der Waals surface area contributed by atoms with Crippen LogP contribution < -0.4 is 5.43 Å². The summed E-state index contributed by atoms with van der Waals surface area (Å²) in [5.74, 6) is -0.382. The van der Waals surface area contributed by atoms with Crippen LogP contribution in [-0.4, -0.2) is 23.6 Å². The summed E-state index contributed by atoms with van der Waals surface area (Å²) < 4.78 is 41.9. The molecule has 0 spiro atoms. The second-order valence-corrected chi connectivity index (χ2v) is 7.46. The Balaban J connectivity index is 2.23. The molecule has 3 rings (SSSR count). The molecule has 1 N–H and O–H groups in total. The number of carbonyl (C=O) groups is 1. The Labute approximate surface area is 144 Å². The minimum absolute atomic E-state index is 0.0411. The van der Waals surface area contributed by atoms with Gasteiger partial charge in [-0.25, -0.2) is 5.01 Å². The second-order valence-electron chi connectivity index (χ2n) is 7.46. The summed E-state index contributed by atoms with van der Waals surface area (Å²) in [5, 5.41) is 2.68. The van der Waals surface area contributed by atoms with Gasteiger partial charge in [0.1, 0.15) is 6.04 Å².